The Balaban J connectivity index is 2.67. The second kappa shape index (κ2) is 6.43. The molecule has 2 N–H and O–H groups in total. The summed E-state index contributed by atoms with van der Waals surface area (Å²) in [6.45, 7) is 6.77. The number of hydrogen-bond donors (Lipinski definition) is 2. The van der Waals surface area contributed by atoms with Crippen LogP contribution in [0.25, 0.3) is 0 Å². The van der Waals surface area contributed by atoms with E-state index < -0.39 is 17.4 Å². The number of nitrogens with one attached hydrogen (secondary N) is 1. The average molecular weight is 285 g/mol. The zero-order chi connectivity index (χ0) is 15.5. The number of amides is 2. The molecule has 0 saturated carbocycles. The minimum atomic E-state index is -0.994. The molecule has 1 saturated heterocycles. The van der Waals surface area contributed by atoms with Crippen LogP contribution in [0, 0.1) is 5.41 Å². The van der Waals surface area contributed by atoms with Gasteiger partial charge in [-0.15, -0.1) is 0 Å². The number of likely N-dealkylation sites (tertiary alicyclic amines) is 1. The van der Waals surface area contributed by atoms with Gasteiger partial charge in [-0.3, -0.25) is 0 Å². The van der Waals surface area contributed by atoms with Crippen LogP contribution in [0.5, 0.6) is 0 Å². The maximum absolute atomic E-state index is 12.3. The lowest BCUT2D eigenvalue weighted by Gasteiger charge is -2.37. The van der Waals surface area contributed by atoms with Gasteiger partial charge in [-0.05, 0) is 32.4 Å². The summed E-state index contributed by atoms with van der Waals surface area (Å²) in [5, 5.41) is 11.9. The lowest BCUT2D eigenvalue weighted by atomic mass is 9.87. The predicted octanol–water partition coefficient (Wildman–Crippen LogP) is 1.22. The van der Waals surface area contributed by atoms with Crippen LogP contribution in [0.1, 0.15) is 33.6 Å². The highest BCUT2D eigenvalue weighted by atomic mass is 16.4. The van der Waals surface area contributed by atoms with Crippen LogP contribution in [0.2, 0.25) is 0 Å². The molecule has 1 unspecified atom stereocenters. The fourth-order valence-electron chi connectivity index (χ4n) is 2.42. The van der Waals surface area contributed by atoms with Crippen molar-refractivity contribution in [1.82, 2.24) is 15.1 Å². The second-order valence-electron chi connectivity index (χ2n) is 6.79. The molecule has 2 atom stereocenters. The van der Waals surface area contributed by atoms with Crippen molar-refractivity contribution in [3.63, 3.8) is 0 Å². The Labute approximate surface area is 121 Å². The molecule has 0 aromatic rings. The molecule has 0 radical (unpaired) electrons. The van der Waals surface area contributed by atoms with Crippen LogP contribution >= 0.6 is 0 Å². The van der Waals surface area contributed by atoms with Crippen molar-refractivity contribution in [3.05, 3.63) is 0 Å². The quantitative estimate of drug-likeness (QED) is 0.818. The number of hydrogen-bond acceptors (Lipinski definition) is 3. The monoisotopic (exact) mass is 285 g/mol. The van der Waals surface area contributed by atoms with Crippen molar-refractivity contribution < 1.29 is 14.7 Å². The Bertz CT molecular complexity index is 363. The molecule has 116 valence electrons. The molecule has 1 aliphatic heterocycles. The topological polar surface area (TPSA) is 72.9 Å². The van der Waals surface area contributed by atoms with Crippen LogP contribution in [0.15, 0.2) is 0 Å². The molecule has 1 fully saturated rings. The lowest BCUT2D eigenvalue weighted by Crippen LogP contribution is -2.56. The molecular formula is C14H27N3O3. The number of likely N-dealkylation sites (N-methyl/N-ethyl adjacent to an activating group) is 1. The number of rotatable bonds is 3. The van der Waals surface area contributed by atoms with Crippen molar-refractivity contribution in [3.8, 4) is 0 Å². The lowest BCUT2D eigenvalue weighted by molar-refractivity contribution is -0.142. The van der Waals surface area contributed by atoms with Crippen molar-refractivity contribution in [2.45, 2.75) is 45.7 Å². The highest BCUT2D eigenvalue weighted by Gasteiger charge is 2.34. The number of carboxylic acid groups (broad SMARTS) is 1. The number of piperidine rings is 1. The fraction of sp³-hybridized carbons (Fsp3) is 0.857. The summed E-state index contributed by atoms with van der Waals surface area (Å²) < 4.78 is 0. The van der Waals surface area contributed by atoms with E-state index in [-0.39, 0.29) is 6.03 Å². The number of aliphatic carboxylic acids is 1. The summed E-state index contributed by atoms with van der Waals surface area (Å²) in [6, 6.07) is -0.818. The van der Waals surface area contributed by atoms with E-state index in [4.69, 9.17) is 0 Å². The third-order valence-corrected chi connectivity index (χ3v) is 3.79. The normalized spacial score (nSPS) is 21.7. The van der Waals surface area contributed by atoms with Crippen molar-refractivity contribution in [2.24, 2.45) is 5.41 Å². The average Bonchev–Trinajstić information content (AvgIpc) is 2.33. The molecule has 1 heterocycles. The Morgan fingerprint density at radius 3 is 2.40 bits per heavy atom. The Kier molecular flexibility index (Phi) is 5.39. The van der Waals surface area contributed by atoms with Crippen LogP contribution in [0.4, 0.5) is 4.79 Å². The molecule has 0 spiro atoms. The highest BCUT2D eigenvalue weighted by Crippen LogP contribution is 2.20. The number of urea groups is 1. The minimum absolute atomic E-state index is 0.279. The summed E-state index contributed by atoms with van der Waals surface area (Å²) in [5.41, 5.74) is -0.516. The van der Waals surface area contributed by atoms with Gasteiger partial charge in [-0.25, -0.2) is 9.59 Å². The summed E-state index contributed by atoms with van der Waals surface area (Å²) in [6.07, 6.45) is 2.02. The first-order chi connectivity index (χ1) is 9.12. The van der Waals surface area contributed by atoms with Crippen LogP contribution < -0.4 is 5.32 Å². The molecule has 0 bridgehead atoms. The zero-order valence-electron chi connectivity index (χ0n) is 13.1. The van der Waals surface area contributed by atoms with Crippen molar-refractivity contribution in [2.75, 3.05) is 27.2 Å². The molecule has 6 nitrogen and oxygen atoms in total. The summed E-state index contributed by atoms with van der Waals surface area (Å²) >= 11 is 0. The molecule has 1 rings (SSSR count). The van der Waals surface area contributed by atoms with E-state index in [9.17, 15) is 14.7 Å². The third kappa shape index (κ3) is 4.37. The van der Waals surface area contributed by atoms with Gasteiger partial charge in [0.1, 0.15) is 6.04 Å². The molecule has 2 amide bonds. The first-order valence-corrected chi connectivity index (χ1v) is 7.07. The van der Waals surface area contributed by atoms with Crippen molar-refractivity contribution >= 4 is 12.0 Å². The SMILES string of the molecule is CN(C)C1CCCN(C(=O)N[C@@H](C(=O)O)C(C)(C)C)C1. The molecule has 20 heavy (non-hydrogen) atoms. The number of carboxylic acids is 1. The van der Waals surface area contributed by atoms with E-state index in [1.807, 2.05) is 34.9 Å². The second-order valence-corrected chi connectivity index (χ2v) is 6.79. The minimum Gasteiger partial charge on any atom is -0.480 e. The van der Waals surface area contributed by atoms with Gasteiger partial charge in [0, 0.05) is 19.1 Å². The first kappa shape index (κ1) is 16.8. The largest absolute Gasteiger partial charge is 0.480 e. The maximum atomic E-state index is 12.3. The first-order valence-electron chi connectivity index (χ1n) is 7.07. The van der Waals surface area contributed by atoms with E-state index in [0.29, 0.717) is 19.1 Å². The van der Waals surface area contributed by atoms with Crippen LogP contribution in [0.3, 0.4) is 0 Å². The highest BCUT2D eigenvalue weighted by molar-refractivity contribution is 5.83. The van der Waals surface area contributed by atoms with E-state index in [2.05, 4.69) is 10.2 Å². The Hall–Kier alpha value is -1.30. The van der Waals surface area contributed by atoms with Gasteiger partial charge < -0.3 is 20.2 Å². The zero-order valence-corrected chi connectivity index (χ0v) is 13.1. The fourth-order valence-corrected chi connectivity index (χ4v) is 2.42. The van der Waals surface area contributed by atoms with E-state index >= 15 is 0 Å². The van der Waals surface area contributed by atoms with Crippen molar-refractivity contribution in [1.29, 1.82) is 0 Å². The van der Waals surface area contributed by atoms with Gasteiger partial charge in [0.2, 0.25) is 0 Å². The standard InChI is InChI=1S/C14H27N3O3/c1-14(2,3)11(12(18)19)15-13(20)17-8-6-7-10(9-17)16(4)5/h10-11H,6-9H2,1-5H3,(H,15,20)(H,18,19)/t10?,11-/m0/s1. The van der Waals surface area contributed by atoms with Gasteiger partial charge in [0.15, 0.2) is 0 Å². The summed E-state index contributed by atoms with van der Waals surface area (Å²) in [5.74, 6) is -0.994. The van der Waals surface area contributed by atoms with Crippen LogP contribution in [-0.2, 0) is 4.79 Å². The number of nitrogens with zero attached hydrogens (tertiary/aromatic N) is 2. The van der Waals surface area contributed by atoms with E-state index in [0.717, 1.165) is 12.8 Å². The third-order valence-electron chi connectivity index (χ3n) is 3.79. The molecule has 0 aromatic carbocycles. The predicted molar refractivity (Wildman–Crippen MR) is 77.7 cm³/mol. The maximum Gasteiger partial charge on any atom is 0.326 e. The van der Waals surface area contributed by atoms with Gasteiger partial charge in [-0.1, -0.05) is 20.8 Å². The molecular weight excluding hydrogens is 258 g/mol. The van der Waals surface area contributed by atoms with Gasteiger partial charge in [0.25, 0.3) is 0 Å². The van der Waals surface area contributed by atoms with Crippen LogP contribution in [-0.4, -0.2) is 66.2 Å². The molecule has 6 heteroatoms. The van der Waals surface area contributed by atoms with E-state index in [1.54, 1.807) is 4.90 Å². The Morgan fingerprint density at radius 1 is 1.35 bits per heavy atom. The number of carbonyl (C=O) groups excluding carboxylic acids is 1. The van der Waals surface area contributed by atoms with E-state index in [1.165, 1.54) is 0 Å². The smallest absolute Gasteiger partial charge is 0.326 e. The molecule has 0 aromatic heterocycles. The summed E-state index contributed by atoms with van der Waals surface area (Å²) in [4.78, 5) is 27.4. The molecule has 1 aliphatic rings. The van der Waals surface area contributed by atoms with Gasteiger partial charge in [-0.2, -0.15) is 0 Å². The Morgan fingerprint density at radius 2 is 1.95 bits per heavy atom. The number of carbonyl (C=O) groups is 2. The van der Waals surface area contributed by atoms with Gasteiger partial charge >= 0.3 is 12.0 Å². The molecule has 0 aliphatic carbocycles. The summed E-state index contributed by atoms with van der Waals surface area (Å²) in [7, 11) is 4.00. The van der Waals surface area contributed by atoms with Gasteiger partial charge in [0.05, 0.1) is 0 Å².